The Morgan fingerprint density at radius 3 is 3.00 bits per heavy atom. The molecule has 0 radical (unpaired) electrons. The van der Waals surface area contributed by atoms with Crippen molar-refractivity contribution in [1.82, 2.24) is 0 Å². The molecule has 0 aromatic heterocycles. The van der Waals surface area contributed by atoms with Crippen molar-refractivity contribution >= 4 is 5.97 Å². The van der Waals surface area contributed by atoms with Crippen molar-refractivity contribution in [3.63, 3.8) is 0 Å². The van der Waals surface area contributed by atoms with E-state index >= 15 is 0 Å². The molecule has 0 aliphatic heterocycles. The highest BCUT2D eigenvalue weighted by Crippen LogP contribution is 2.50. The molecule has 12 heavy (non-hydrogen) atoms. The molecule has 0 aromatic carbocycles. The first kappa shape index (κ1) is 8.09. The monoisotopic (exact) mass is 168 g/mol. The predicted molar refractivity (Wildman–Crippen MR) is 45.6 cm³/mol. The quantitative estimate of drug-likeness (QED) is 0.589. The lowest BCUT2D eigenvalue weighted by molar-refractivity contribution is -0.145. The molecule has 3 atom stereocenters. The molecule has 0 N–H and O–H groups in total. The second-order valence-corrected chi connectivity index (χ2v) is 4.15. The molecule has 2 rings (SSSR count). The van der Waals surface area contributed by atoms with E-state index in [4.69, 9.17) is 4.74 Å². The number of rotatable bonds is 2. The summed E-state index contributed by atoms with van der Waals surface area (Å²) in [5, 5.41) is 0. The van der Waals surface area contributed by atoms with Crippen molar-refractivity contribution in [2.24, 2.45) is 17.8 Å². The maximum absolute atomic E-state index is 10.6. The van der Waals surface area contributed by atoms with Crippen LogP contribution < -0.4 is 0 Å². The fourth-order valence-corrected chi connectivity index (χ4v) is 2.76. The number of carbonyl (C=O) groups excluding carboxylic acids is 1. The van der Waals surface area contributed by atoms with Gasteiger partial charge in [-0.3, -0.25) is 4.79 Å². The average molecular weight is 168 g/mol. The van der Waals surface area contributed by atoms with Gasteiger partial charge in [0.15, 0.2) is 0 Å². The van der Waals surface area contributed by atoms with Gasteiger partial charge in [0.1, 0.15) is 0 Å². The molecule has 0 heterocycles. The van der Waals surface area contributed by atoms with E-state index in [0.29, 0.717) is 12.5 Å². The number of fused-ring (bicyclic) bond motifs is 1. The number of ether oxygens (including phenoxy) is 1. The van der Waals surface area contributed by atoms with E-state index in [1.807, 2.05) is 0 Å². The minimum atomic E-state index is -0.128. The van der Waals surface area contributed by atoms with E-state index in [0.717, 1.165) is 11.8 Å². The molecule has 2 fully saturated rings. The summed E-state index contributed by atoms with van der Waals surface area (Å²) in [7, 11) is 0. The first-order valence-electron chi connectivity index (χ1n) is 4.90. The smallest absolute Gasteiger partial charge is 0.302 e. The fourth-order valence-electron chi connectivity index (χ4n) is 2.76. The van der Waals surface area contributed by atoms with Crippen molar-refractivity contribution in [2.75, 3.05) is 6.61 Å². The Hall–Kier alpha value is -0.530. The summed E-state index contributed by atoms with van der Waals surface area (Å²) >= 11 is 0. The Bertz CT molecular complexity index is 188. The molecule has 2 aliphatic carbocycles. The third kappa shape index (κ3) is 1.35. The first-order chi connectivity index (χ1) is 5.77. The summed E-state index contributed by atoms with van der Waals surface area (Å²) < 4.78 is 5.02. The topological polar surface area (TPSA) is 26.3 Å². The largest absolute Gasteiger partial charge is 0.466 e. The summed E-state index contributed by atoms with van der Waals surface area (Å²) in [6.45, 7) is 2.17. The Labute approximate surface area is 73.3 Å². The van der Waals surface area contributed by atoms with Crippen LogP contribution in [-0.2, 0) is 9.53 Å². The van der Waals surface area contributed by atoms with Crippen molar-refractivity contribution in [3.05, 3.63) is 0 Å². The van der Waals surface area contributed by atoms with Crippen LogP contribution in [0.15, 0.2) is 0 Å². The van der Waals surface area contributed by atoms with E-state index in [1.54, 1.807) is 0 Å². The zero-order chi connectivity index (χ0) is 8.55. The van der Waals surface area contributed by atoms with Crippen LogP contribution in [0.25, 0.3) is 0 Å². The van der Waals surface area contributed by atoms with E-state index in [2.05, 4.69) is 0 Å². The molecule has 2 heteroatoms. The van der Waals surface area contributed by atoms with Gasteiger partial charge in [-0.05, 0) is 30.6 Å². The molecule has 2 nitrogen and oxygen atoms in total. The van der Waals surface area contributed by atoms with E-state index in [9.17, 15) is 4.79 Å². The molecule has 0 bridgehead atoms. The third-order valence-corrected chi connectivity index (χ3v) is 3.43. The summed E-state index contributed by atoms with van der Waals surface area (Å²) in [6.07, 6.45) is 5.49. The Morgan fingerprint density at radius 1 is 1.50 bits per heavy atom. The zero-order valence-electron chi connectivity index (χ0n) is 7.58. The Kier molecular flexibility index (Phi) is 2.07. The van der Waals surface area contributed by atoms with Crippen LogP contribution >= 0.6 is 0 Å². The molecule has 0 spiro atoms. The maximum Gasteiger partial charge on any atom is 0.302 e. The second-order valence-electron chi connectivity index (χ2n) is 4.15. The predicted octanol–water partition coefficient (Wildman–Crippen LogP) is 1.99. The molecule has 0 aromatic rings. The maximum atomic E-state index is 10.6. The number of hydrogen-bond acceptors (Lipinski definition) is 2. The standard InChI is InChI=1S/C10H16O2/c1-7(11)12-6-9-5-8-3-2-4-10(8)9/h8-10H,2-6H2,1H3/t8-,9+,10-/m1/s1. The highest BCUT2D eigenvalue weighted by Gasteiger charge is 2.43. The van der Waals surface area contributed by atoms with Gasteiger partial charge in [-0.2, -0.15) is 0 Å². The zero-order valence-corrected chi connectivity index (χ0v) is 7.58. The van der Waals surface area contributed by atoms with Gasteiger partial charge in [-0.25, -0.2) is 0 Å². The summed E-state index contributed by atoms with van der Waals surface area (Å²) in [5.74, 6) is 2.44. The Balaban J connectivity index is 1.74. The summed E-state index contributed by atoms with van der Waals surface area (Å²) in [6, 6.07) is 0. The van der Waals surface area contributed by atoms with Crippen molar-refractivity contribution in [2.45, 2.75) is 32.6 Å². The minimum absolute atomic E-state index is 0.128. The summed E-state index contributed by atoms with van der Waals surface area (Å²) in [4.78, 5) is 10.6. The van der Waals surface area contributed by atoms with Crippen molar-refractivity contribution in [1.29, 1.82) is 0 Å². The van der Waals surface area contributed by atoms with Crippen LogP contribution in [0, 0.1) is 17.8 Å². The molecular weight excluding hydrogens is 152 g/mol. The molecule has 2 aliphatic rings. The second kappa shape index (κ2) is 3.08. The molecule has 0 saturated heterocycles. The lowest BCUT2D eigenvalue weighted by Crippen LogP contribution is -2.36. The van der Waals surface area contributed by atoms with Crippen LogP contribution in [-0.4, -0.2) is 12.6 Å². The minimum Gasteiger partial charge on any atom is -0.466 e. The SMILES string of the molecule is CC(=O)OC[C@@H]1C[C@H]2CCC[C@H]21. The van der Waals surface area contributed by atoms with Crippen LogP contribution in [0.4, 0.5) is 0 Å². The highest BCUT2D eigenvalue weighted by molar-refractivity contribution is 5.65. The van der Waals surface area contributed by atoms with E-state index in [1.165, 1.54) is 32.6 Å². The van der Waals surface area contributed by atoms with Gasteiger partial charge in [0.25, 0.3) is 0 Å². The number of hydrogen-bond donors (Lipinski definition) is 0. The third-order valence-electron chi connectivity index (χ3n) is 3.43. The van der Waals surface area contributed by atoms with Gasteiger partial charge in [0, 0.05) is 6.92 Å². The fraction of sp³-hybridized carbons (Fsp3) is 0.900. The lowest BCUT2D eigenvalue weighted by Gasteiger charge is -2.39. The van der Waals surface area contributed by atoms with Crippen molar-refractivity contribution in [3.8, 4) is 0 Å². The van der Waals surface area contributed by atoms with Gasteiger partial charge in [-0.15, -0.1) is 0 Å². The van der Waals surface area contributed by atoms with Crippen LogP contribution in [0.3, 0.4) is 0 Å². The molecule has 0 amide bonds. The molecule has 68 valence electrons. The van der Waals surface area contributed by atoms with Crippen LogP contribution in [0.5, 0.6) is 0 Å². The van der Waals surface area contributed by atoms with Gasteiger partial charge in [-0.1, -0.05) is 12.8 Å². The van der Waals surface area contributed by atoms with Gasteiger partial charge in [0.05, 0.1) is 6.61 Å². The van der Waals surface area contributed by atoms with Gasteiger partial charge in [0.2, 0.25) is 0 Å². The number of esters is 1. The van der Waals surface area contributed by atoms with E-state index < -0.39 is 0 Å². The number of carbonyl (C=O) groups is 1. The first-order valence-corrected chi connectivity index (χ1v) is 4.90. The van der Waals surface area contributed by atoms with Crippen molar-refractivity contribution < 1.29 is 9.53 Å². The highest BCUT2D eigenvalue weighted by atomic mass is 16.5. The van der Waals surface area contributed by atoms with Crippen LogP contribution in [0.1, 0.15) is 32.6 Å². The normalized spacial score (nSPS) is 38.6. The van der Waals surface area contributed by atoms with Crippen LogP contribution in [0.2, 0.25) is 0 Å². The van der Waals surface area contributed by atoms with E-state index in [-0.39, 0.29) is 5.97 Å². The summed E-state index contributed by atoms with van der Waals surface area (Å²) in [5.41, 5.74) is 0. The van der Waals surface area contributed by atoms with Gasteiger partial charge < -0.3 is 4.74 Å². The molecule has 0 unspecified atom stereocenters. The van der Waals surface area contributed by atoms with Gasteiger partial charge >= 0.3 is 5.97 Å². The molecular formula is C10H16O2. The average Bonchev–Trinajstić information content (AvgIpc) is 2.32. The molecule has 2 saturated carbocycles. The Morgan fingerprint density at radius 2 is 2.33 bits per heavy atom. The lowest BCUT2D eigenvalue weighted by atomic mass is 9.67.